The average molecular weight is 828 g/mol. The smallest absolute Gasteiger partial charge is 0.872 e. The Labute approximate surface area is 335 Å². The first-order chi connectivity index (χ1) is 24.1. The Hall–Kier alpha value is -3.51. The number of hydrogen-bond acceptors (Lipinski definition) is 9. The molecule has 0 fully saturated rings. The van der Waals surface area contributed by atoms with E-state index in [1.165, 1.54) is 0 Å². The second-order valence-electron chi connectivity index (χ2n) is 14.2. The number of aromatic nitrogens is 2. The number of benzene rings is 4. The molecule has 0 atom stereocenters. The number of nitrogens with zero attached hydrogens (tertiary/aromatic N) is 4. The summed E-state index contributed by atoms with van der Waals surface area (Å²) in [6.45, 7) is 12.1. The second kappa shape index (κ2) is 21.4. The predicted molar refractivity (Wildman–Crippen MR) is 221 cm³/mol. The van der Waals surface area contributed by atoms with Crippen molar-refractivity contribution >= 4 is 78.3 Å². The summed E-state index contributed by atoms with van der Waals surface area (Å²) in [7, 11) is -1.83. The summed E-state index contributed by atoms with van der Waals surface area (Å²) < 4.78 is 28.7. The zero-order valence-electron chi connectivity index (χ0n) is 32.8. The summed E-state index contributed by atoms with van der Waals surface area (Å²) in [5, 5.41) is 26.3. The SMILES string of the molecule is CC(C)(C)c1cccc(C=Nc2cc3nc4ccccc4nc3cc2N=Cc2cccc(C(C)(C)C)c2[O-])c1[O-].CS(C)=O.CS(C)=O.CS(C)=O.[Zn+2]. The molecule has 0 aliphatic carbocycles. The maximum absolute atomic E-state index is 13.2. The zero-order chi connectivity index (χ0) is 39.4. The van der Waals surface area contributed by atoms with Crippen molar-refractivity contribution in [1.82, 2.24) is 9.97 Å². The van der Waals surface area contributed by atoms with E-state index >= 15 is 0 Å². The van der Waals surface area contributed by atoms with Gasteiger partial charge < -0.3 is 10.2 Å². The van der Waals surface area contributed by atoms with Crippen molar-refractivity contribution in [2.45, 2.75) is 52.4 Å². The maximum Gasteiger partial charge on any atom is 2.00 e. The van der Waals surface area contributed by atoms with Gasteiger partial charge in [0.05, 0.1) is 33.4 Å². The zero-order valence-corrected chi connectivity index (χ0v) is 38.3. The standard InChI is InChI=1S/C34H34N4O2.3C2H6OS.Zn/c1-33(2,3)23-13-9-11-21(31(23)39)19-35-27-17-29-30(38-26-16-8-7-15-25(26)37-29)18-28(27)36-20-22-12-10-14-24(32(22)40)34(4,5)6;3*1-4(2)3;/h7-20,39-40H,1-6H3;3*1-2H3;/q;;;;+2/p-2. The molecule has 5 aromatic rings. The minimum absolute atomic E-state index is 0. The van der Waals surface area contributed by atoms with Gasteiger partial charge in [0.1, 0.15) is 0 Å². The Morgan fingerprint density at radius 3 is 1.11 bits per heavy atom. The van der Waals surface area contributed by atoms with E-state index in [4.69, 9.17) is 20.0 Å². The molecule has 0 N–H and O–H groups in total. The first-order valence-electron chi connectivity index (χ1n) is 16.3. The molecule has 1 heterocycles. The van der Waals surface area contributed by atoms with Crippen LogP contribution >= 0.6 is 0 Å². The number of rotatable bonds is 4. The molecule has 0 aliphatic heterocycles. The largest absolute Gasteiger partial charge is 2.00 e. The van der Waals surface area contributed by atoms with Crippen LogP contribution in [-0.2, 0) is 62.7 Å². The summed E-state index contributed by atoms with van der Waals surface area (Å²) >= 11 is 0. The topological polar surface area (TPSA) is 148 Å². The molecular weight excluding hydrogens is 778 g/mol. The van der Waals surface area contributed by atoms with Crippen molar-refractivity contribution in [2.75, 3.05) is 37.5 Å². The average Bonchev–Trinajstić information content (AvgIpc) is 3.00. The first-order valence-corrected chi connectivity index (χ1v) is 22.2. The van der Waals surface area contributed by atoms with Gasteiger partial charge in [0.15, 0.2) is 0 Å². The second-order valence-corrected chi connectivity index (χ2v) is 18.7. The molecule has 0 saturated heterocycles. The van der Waals surface area contributed by atoms with Crippen molar-refractivity contribution in [3.63, 3.8) is 0 Å². The van der Waals surface area contributed by atoms with Crippen LogP contribution in [0.15, 0.2) is 82.8 Å². The van der Waals surface area contributed by atoms with Crippen LogP contribution in [0.5, 0.6) is 11.5 Å². The summed E-state index contributed by atoms with van der Waals surface area (Å²) in [5.41, 5.74) is 5.79. The molecule has 280 valence electrons. The van der Waals surface area contributed by atoms with Gasteiger partial charge in [-0.05, 0) is 57.3 Å². The number of fused-ring (bicyclic) bond motifs is 2. The molecule has 53 heavy (non-hydrogen) atoms. The minimum atomic E-state index is -0.611. The molecule has 0 spiro atoms. The fourth-order valence-electron chi connectivity index (χ4n) is 4.63. The Balaban J connectivity index is 0.000000946. The normalized spacial score (nSPS) is 11.6. The van der Waals surface area contributed by atoms with E-state index in [0.29, 0.717) is 33.5 Å². The van der Waals surface area contributed by atoms with Crippen LogP contribution in [0, 0.1) is 0 Å². The van der Waals surface area contributed by atoms with Gasteiger partial charge >= 0.3 is 19.5 Å². The van der Waals surface area contributed by atoms with Crippen molar-refractivity contribution in [2.24, 2.45) is 9.98 Å². The third kappa shape index (κ3) is 15.8. The van der Waals surface area contributed by atoms with Crippen molar-refractivity contribution in [3.05, 3.63) is 95.1 Å². The van der Waals surface area contributed by atoms with Crippen LogP contribution in [0.2, 0.25) is 0 Å². The van der Waals surface area contributed by atoms with E-state index in [1.807, 2.05) is 102 Å². The van der Waals surface area contributed by atoms with Gasteiger partial charge in [-0.1, -0.05) is 102 Å². The third-order valence-electron chi connectivity index (χ3n) is 6.83. The van der Waals surface area contributed by atoms with Gasteiger partial charge in [0.2, 0.25) is 0 Å². The number of aliphatic imine (C=N–C) groups is 2. The van der Waals surface area contributed by atoms with Crippen molar-refractivity contribution in [1.29, 1.82) is 0 Å². The Bertz CT molecular complexity index is 1950. The van der Waals surface area contributed by atoms with Crippen LogP contribution in [0.3, 0.4) is 0 Å². The molecule has 0 bridgehead atoms. The molecule has 13 heteroatoms. The minimum Gasteiger partial charge on any atom is -0.872 e. The molecule has 0 aliphatic rings. The quantitative estimate of drug-likeness (QED) is 0.108. The van der Waals surface area contributed by atoms with E-state index < -0.39 is 32.4 Å². The van der Waals surface area contributed by atoms with Gasteiger partial charge in [-0.25, -0.2) is 9.97 Å². The van der Waals surface area contributed by atoms with E-state index in [9.17, 15) is 22.8 Å². The Morgan fingerprint density at radius 1 is 0.528 bits per heavy atom. The van der Waals surface area contributed by atoms with E-state index in [2.05, 4.69) is 0 Å². The third-order valence-corrected chi connectivity index (χ3v) is 6.83. The summed E-state index contributed by atoms with van der Waals surface area (Å²) in [6.07, 6.45) is 13.0. The number of hydrogen-bond donors (Lipinski definition) is 0. The predicted octanol–water partition coefficient (Wildman–Crippen LogP) is 7.01. The van der Waals surface area contributed by atoms with Crippen LogP contribution in [-0.4, -0.2) is 72.6 Å². The fraction of sp³-hybridized carbons (Fsp3) is 0.350. The molecular formula is C40H50N4O5S3Zn. The van der Waals surface area contributed by atoms with Crippen LogP contribution in [0.25, 0.3) is 22.1 Å². The molecule has 1 aromatic heterocycles. The van der Waals surface area contributed by atoms with Gasteiger partial charge in [-0.15, -0.1) is 0 Å². The Morgan fingerprint density at radius 2 is 0.830 bits per heavy atom. The Kier molecular flexibility index (Phi) is 19.2. The molecule has 0 radical (unpaired) electrons. The van der Waals surface area contributed by atoms with Gasteiger partial charge in [-0.3, -0.25) is 22.6 Å². The summed E-state index contributed by atoms with van der Waals surface area (Å²) in [5.74, 6) is -0.101. The van der Waals surface area contributed by atoms with Crippen LogP contribution < -0.4 is 10.2 Å². The molecule has 0 saturated carbocycles. The summed E-state index contributed by atoms with van der Waals surface area (Å²) in [4.78, 5) is 18.9. The van der Waals surface area contributed by atoms with E-state index in [0.717, 1.165) is 22.2 Å². The van der Waals surface area contributed by atoms with Gasteiger partial charge in [-0.2, -0.15) is 0 Å². The molecule has 5 rings (SSSR count). The molecule has 0 amide bonds. The molecule has 4 aromatic carbocycles. The van der Waals surface area contributed by atoms with Gasteiger partial charge in [0.25, 0.3) is 0 Å². The van der Waals surface area contributed by atoms with Crippen LogP contribution in [0.4, 0.5) is 11.4 Å². The van der Waals surface area contributed by atoms with Crippen molar-refractivity contribution < 1.29 is 42.3 Å². The van der Waals surface area contributed by atoms with Crippen molar-refractivity contribution in [3.8, 4) is 11.5 Å². The van der Waals surface area contributed by atoms with Gasteiger partial charge in [0, 0.05) is 82.4 Å². The monoisotopic (exact) mass is 826 g/mol. The number of para-hydroxylation sites is 4. The molecule has 0 unspecified atom stereocenters. The summed E-state index contributed by atoms with van der Waals surface area (Å²) in [6, 6.07) is 22.3. The maximum atomic E-state index is 13.2. The van der Waals surface area contributed by atoms with E-state index in [-0.39, 0.29) is 41.8 Å². The molecule has 9 nitrogen and oxygen atoms in total. The first kappa shape index (κ1) is 47.5. The van der Waals surface area contributed by atoms with E-state index in [1.54, 1.807) is 62.1 Å². The fourth-order valence-corrected chi connectivity index (χ4v) is 4.63. The van der Waals surface area contributed by atoms with Crippen LogP contribution in [0.1, 0.15) is 63.8 Å².